The topological polar surface area (TPSA) is 79.0 Å². The molecule has 29 heavy (non-hydrogen) atoms. The van der Waals surface area contributed by atoms with Crippen LogP contribution in [0.1, 0.15) is 19.3 Å². The average molecular weight is 464 g/mol. The summed E-state index contributed by atoms with van der Waals surface area (Å²) in [4.78, 5) is 15.1. The van der Waals surface area contributed by atoms with Gasteiger partial charge in [0, 0.05) is 48.7 Å². The largest absolute Gasteiger partial charge is 0.383 e. The van der Waals surface area contributed by atoms with Gasteiger partial charge in [-0.2, -0.15) is 4.31 Å². The molecular formula is C19H27Cl2N3O4S. The van der Waals surface area contributed by atoms with Crippen molar-refractivity contribution in [3.63, 3.8) is 0 Å². The van der Waals surface area contributed by atoms with E-state index in [1.54, 1.807) is 12.0 Å². The Hall–Kier alpha value is -0.900. The molecule has 1 amide bonds. The number of nitrogens with zero attached hydrogens (tertiary/aromatic N) is 2. The molecule has 3 rings (SSSR count). The van der Waals surface area contributed by atoms with Crippen molar-refractivity contribution in [1.29, 1.82) is 0 Å². The van der Waals surface area contributed by atoms with Crippen molar-refractivity contribution in [3.8, 4) is 0 Å². The number of rotatable bonds is 7. The third-order valence-electron chi connectivity index (χ3n) is 5.65. The fraction of sp³-hybridized carbons (Fsp3) is 0.632. The van der Waals surface area contributed by atoms with E-state index in [1.165, 1.54) is 22.5 Å². The lowest BCUT2D eigenvalue weighted by molar-refractivity contribution is -0.135. The van der Waals surface area contributed by atoms with Gasteiger partial charge in [-0.05, 0) is 44.5 Å². The van der Waals surface area contributed by atoms with Gasteiger partial charge in [0.25, 0.3) is 0 Å². The highest BCUT2D eigenvalue weighted by Gasteiger charge is 2.49. The van der Waals surface area contributed by atoms with Crippen molar-refractivity contribution in [3.05, 3.63) is 28.2 Å². The number of halogens is 2. The van der Waals surface area contributed by atoms with Gasteiger partial charge in [-0.25, -0.2) is 8.42 Å². The second kappa shape index (κ2) is 9.49. The summed E-state index contributed by atoms with van der Waals surface area (Å²) in [6, 6.07) is 3.27. The molecule has 2 fully saturated rings. The second-order valence-electron chi connectivity index (χ2n) is 7.55. The van der Waals surface area contributed by atoms with Crippen molar-refractivity contribution in [2.45, 2.75) is 36.2 Å². The number of hydrogen-bond acceptors (Lipinski definition) is 5. The third kappa shape index (κ3) is 4.73. The van der Waals surface area contributed by atoms with Crippen LogP contribution >= 0.6 is 23.2 Å². The van der Waals surface area contributed by atoms with Crippen LogP contribution in [-0.2, 0) is 19.6 Å². The highest BCUT2D eigenvalue weighted by Crippen LogP contribution is 2.37. The Labute approximate surface area is 182 Å². The number of hydrogen-bond donors (Lipinski definition) is 1. The Bertz CT molecular complexity index is 832. The molecule has 2 aliphatic rings. The molecule has 1 aromatic carbocycles. The van der Waals surface area contributed by atoms with E-state index in [9.17, 15) is 13.2 Å². The first kappa shape index (κ1) is 22.8. The molecule has 0 aromatic heterocycles. The number of amides is 1. The van der Waals surface area contributed by atoms with Gasteiger partial charge in [0.15, 0.2) is 0 Å². The minimum absolute atomic E-state index is 0.0215. The van der Waals surface area contributed by atoms with Gasteiger partial charge in [-0.15, -0.1) is 0 Å². The minimum atomic E-state index is -3.96. The summed E-state index contributed by atoms with van der Waals surface area (Å²) in [5.41, 5.74) is 0. The fourth-order valence-corrected chi connectivity index (χ4v) is 7.01. The number of fused-ring (bicyclic) bond motifs is 2. The highest BCUT2D eigenvalue weighted by molar-refractivity contribution is 7.89. The van der Waals surface area contributed by atoms with Crippen LogP contribution in [0, 0.1) is 5.92 Å². The Morgan fingerprint density at radius 2 is 1.90 bits per heavy atom. The first-order chi connectivity index (χ1) is 13.8. The number of nitrogens with one attached hydrogen (secondary N) is 1. The molecule has 2 aliphatic heterocycles. The van der Waals surface area contributed by atoms with E-state index in [0.717, 1.165) is 6.42 Å². The lowest BCUT2D eigenvalue weighted by Crippen LogP contribution is -2.55. The maximum Gasteiger partial charge on any atom is 0.244 e. The van der Waals surface area contributed by atoms with Crippen molar-refractivity contribution in [1.82, 2.24) is 14.5 Å². The number of ether oxygens (including phenoxy) is 1. The molecule has 1 N–H and O–H groups in total. The quantitative estimate of drug-likeness (QED) is 0.670. The van der Waals surface area contributed by atoms with Crippen LogP contribution in [0.15, 0.2) is 23.1 Å². The zero-order valence-electron chi connectivity index (χ0n) is 16.6. The molecule has 0 radical (unpaired) electrons. The summed E-state index contributed by atoms with van der Waals surface area (Å²) in [5, 5.41) is 3.65. The van der Waals surface area contributed by atoms with Crippen molar-refractivity contribution >= 4 is 39.1 Å². The molecule has 2 bridgehead atoms. The molecule has 0 saturated carbocycles. The van der Waals surface area contributed by atoms with Crippen LogP contribution in [0.5, 0.6) is 0 Å². The molecule has 3 atom stereocenters. The van der Waals surface area contributed by atoms with Crippen LogP contribution in [-0.4, -0.2) is 76.0 Å². The first-order valence-corrected chi connectivity index (χ1v) is 11.9. The highest BCUT2D eigenvalue weighted by atomic mass is 35.5. The van der Waals surface area contributed by atoms with Crippen LogP contribution in [0.2, 0.25) is 10.0 Å². The maximum atomic E-state index is 13.7. The normalized spacial score (nSPS) is 25.9. The molecule has 162 valence electrons. The van der Waals surface area contributed by atoms with Crippen LogP contribution in [0.4, 0.5) is 0 Å². The monoisotopic (exact) mass is 463 g/mol. The number of carbonyl (C=O) groups excluding carboxylic acids is 1. The average Bonchev–Trinajstić information content (AvgIpc) is 2.74. The smallest absolute Gasteiger partial charge is 0.244 e. The molecule has 2 heterocycles. The summed E-state index contributed by atoms with van der Waals surface area (Å²) < 4.78 is 33.9. The van der Waals surface area contributed by atoms with Gasteiger partial charge in [-0.1, -0.05) is 23.2 Å². The van der Waals surface area contributed by atoms with Gasteiger partial charge in [0.05, 0.1) is 11.5 Å². The van der Waals surface area contributed by atoms with Crippen molar-refractivity contribution in [2.24, 2.45) is 5.92 Å². The van der Waals surface area contributed by atoms with Gasteiger partial charge in [0.1, 0.15) is 6.04 Å². The summed E-state index contributed by atoms with van der Waals surface area (Å²) in [7, 11) is -0.536. The maximum absolute atomic E-state index is 13.7. The Morgan fingerprint density at radius 1 is 1.21 bits per heavy atom. The number of sulfonamides is 1. The standard InChI is InChI=1S/C19H27Cl2N3O4S/c1-22-11-13-12-23(6-7-28-2)19(25)18-5-3-4-17(13)24(18)29(26,27)16-9-14(20)8-15(21)10-16/h8-10,13,17-18,22H,3-7,11-12H2,1-2H3/t13-,17?,18?/m0/s1. The van der Waals surface area contributed by atoms with Crippen LogP contribution < -0.4 is 5.32 Å². The number of piperidine rings is 1. The third-order valence-corrected chi connectivity index (χ3v) is 8.00. The lowest BCUT2D eigenvalue weighted by atomic mass is 9.90. The van der Waals surface area contributed by atoms with E-state index in [1.807, 2.05) is 7.05 Å². The van der Waals surface area contributed by atoms with Crippen LogP contribution in [0.3, 0.4) is 0 Å². The molecule has 10 heteroatoms. The lowest BCUT2D eigenvalue weighted by Gasteiger charge is -2.40. The van der Waals surface area contributed by atoms with E-state index >= 15 is 0 Å². The van der Waals surface area contributed by atoms with Gasteiger partial charge in [0.2, 0.25) is 15.9 Å². The number of benzene rings is 1. The van der Waals surface area contributed by atoms with E-state index in [-0.39, 0.29) is 32.8 Å². The van der Waals surface area contributed by atoms with Crippen molar-refractivity contribution in [2.75, 3.05) is 40.4 Å². The molecule has 0 aliphatic carbocycles. The second-order valence-corrected chi connectivity index (χ2v) is 10.3. The fourth-order valence-electron chi connectivity index (χ4n) is 4.40. The Balaban J connectivity index is 2.07. The SMILES string of the molecule is CNC[C@H]1CN(CCOC)C(=O)C2CCCC1N2S(=O)(=O)c1cc(Cl)cc(Cl)c1. The minimum Gasteiger partial charge on any atom is -0.383 e. The molecule has 7 nitrogen and oxygen atoms in total. The summed E-state index contributed by atoms with van der Waals surface area (Å²) >= 11 is 12.1. The Kier molecular flexibility index (Phi) is 7.46. The molecular weight excluding hydrogens is 437 g/mol. The molecule has 0 spiro atoms. The summed E-state index contributed by atoms with van der Waals surface area (Å²) in [5.74, 6) is -0.197. The molecule has 2 saturated heterocycles. The van der Waals surface area contributed by atoms with Crippen molar-refractivity contribution < 1.29 is 17.9 Å². The number of methoxy groups -OCH3 is 1. The Morgan fingerprint density at radius 3 is 2.52 bits per heavy atom. The summed E-state index contributed by atoms with van der Waals surface area (Å²) in [6.45, 7) is 1.95. The predicted molar refractivity (Wildman–Crippen MR) is 113 cm³/mol. The van der Waals surface area contributed by atoms with E-state index < -0.39 is 16.1 Å². The van der Waals surface area contributed by atoms with Gasteiger partial charge >= 0.3 is 0 Å². The first-order valence-electron chi connectivity index (χ1n) is 9.71. The van der Waals surface area contributed by atoms with Gasteiger partial charge in [-0.3, -0.25) is 4.79 Å². The van der Waals surface area contributed by atoms with E-state index in [0.29, 0.717) is 39.1 Å². The summed E-state index contributed by atoms with van der Waals surface area (Å²) in [6.07, 6.45) is 2.02. The van der Waals surface area contributed by atoms with Gasteiger partial charge < -0.3 is 15.0 Å². The number of carbonyl (C=O) groups is 1. The van der Waals surface area contributed by atoms with Crippen LogP contribution in [0.25, 0.3) is 0 Å². The molecule has 1 aromatic rings. The van der Waals surface area contributed by atoms with E-state index in [4.69, 9.17) is 27.9 Å². The van der Waals surface area contributed by atoms with E-state index in [2.05, 4.69) is 5.32 Å². The zero-order valence-corrected chi connectivity index (χ0v) is 18.9. The zero-order chi connectivity index (χ0) is 21.2. The predicted octanol–water partition coefficient (Wildman–Crippen LogP) is 2.23. The molecule has 2 unspecified atom stereocenters.